The van der Waals surface area contributed by atoms with Crippen LogP contribution in [-0.2, 0) is 14.8 Å². The summed E-state index contributed by atoms with van der Waals surface area (Å²) in [6.07, 6.45) is 1.53. The van der Waals surface area contributed by atoms with Crippen molar-refractivity contribution in [1.29, 1.82) is 0 Å². The molecule has 0 spiro atoms. The van der Waals surface area contributed by atoms with E-state index < -0.39 is 21.2 Å². The van der Waals surface area contributed by atoms with Crippen LogP contribution in [0.3, 0.4) is 0 Å². The molecular weight excluding hydrogens is 412 g/mol. The number of carbonyl (C=O) groups excluding carboxylic acids is 2. The van der Waals surface area contributed by atoms with Gasteiger partial charge >= 0.3 is 0 Å². The Hall–Kier alpha value is -3.11. The first-order chi connectivity index (χ1) is 13.7. The van der Waals surface area contributed by atoms with Gasteiger partial charge in [0.25, 0.3) is 21.2 Å². The maximum absolute atomic E-state index is 12.7. The number of carbonyl (C=O) groups is 2. The van der Waals surface area contributed by atoms with Crippen LogP contribution in [0.25, 0.3) is 17.1 Å². The van der Waals surface area contributed by atoms with Gasteiger partial charge in [-0.15, -0.1) is 0 Å². The van der Waals surface area contributed by atoms with Gasteiger partial charge in [-0.3, -0.25) is 14.9 Å². The molecule has 3 N–H and O–H groups in total. The largest absolute Gasteiger partial charge is 0.323 e. The quantitative estimate of drug-likeness (QED) is 0.548. The monoisotopic (exact) mass is 428 g/mol. The summed E-state index contributed by atoms with van der Waals surface area (Å²) in [6, 6.07) is 9.77. The van der Waals surface area contributed by atoms with E-state index in [0.717, 1.165) is 28.4 Å². The molecule has 2 heterocycles. The lowest BCUT2D eigenvalue weighted by atomic mass is 10.1. The number of hydrogen-bond donors (Lipinski definition) is 3. The Morgan fingerprint density at radius 1 is 1.07 bits per heavy atom. The highest BCUT2D eigenvalue weighted by Crippen LogP contribution is 2.26. The fourth-order valence-corrected chi connectivity index (χ4v) is 4.47. The van der Waals surface area contributed by atoms with Crippen LogP contribution in [-0.4, -0.2) is 29.5 Å². The van der Waals surface area contributed by atoms with Crippen molar-refractivity contribution < 1.29 is 18.0 Å². The zero-order valence-electron chi connectivity index (χ0n) is 15.4. The molecule has 0 bridgehead atoms. The molecular formula is C19H16N4O4S2. The lowest BCUT2D eigenvalue weighted by Crippen LogP contribution is -2.17. The normalized spacial score (nSPS) is 15.9. The smallest absolute Gasteiger partial charge is 0.290 e. The summed E-state index contributed by atoms with van der Waals surface area (Å²) in [5.74, 6) is -0.331. The van der Waals surface area contributed by atoms with Gasteiger partial charge in [-0.1, -0.05) is 12.1 Å². The van der Waals surface area contributed by atoms with Crippen LogP contribution in [0.5, 0.6) is 0 Å². The standard InChI is InChI=1S/C19H16N4O4S2/c1-10-7-14-15(8-11(10)2)21-18(20-14)23-29(26,27)13-5-3-12(4-6-13)9-16-17(24)22-19(25)28-16/h3-9H,1-2H3,(H2,20,21,23)(H,22,24,25)/b16-9-. The second kappa shape index (κ2) is 7.05. The third-order valence-corrected chi connectivity index (χ3v) is 6.62. The number of anilines is 1. The van der Waals surface area contributed by atoms with E-state index in [2.05, 4.69) is 20.0 Å². The van der Waals surface area contributed by atoms with Gasteiger partial charge in [0, 0.05) is 0 Å². The number of benzene rings is 2. The fraction of sp³-hybridized carbons (Fsp3) is 0.105. The first-order valence-electron chi connectivity index (χ1n) is 8.56. The number of hydrogen-bond acceptors (Lipinski definition) is 6. The minimum Gasteiger partial charge on any atom is -0.323 e. The number of sulfonamides is 1. The summed E-state index contributed by atoms with van der Waals surface area (Å²) < 4.78 is 27.8. The Morgan fingerprint density at radius 3 is 2.41 bits per heavy atom. The zero-order valence-corrected chi connectivity index (χ0v) is 17.1. The number of imidazole rings is 1. The van der Waals surface area contributed by atoms with Gasteiger partial charge in [-0.25, -0.2) is 18.1 Å². The lowest BCUT2D eigenvalue weighted by Gasteiger charge is -2.05. The Labute approximate surface area is 170 Å². The number of rotatable bonds is 4. The van der Waals surface area contributed by atoms with Gasteiger partial charge in [0.05, 0.1) is 20.8 Å². The van der Waals surface area contributed by atoms with Crippen molar-refractivity contribution in [2.24, 2.45) is 0 Å². The van der Waals surface area contributed by atoms with E-state index in [1.54, 1.807) is 12.1 Å². The predicted octanol–water partition coefficient (Wildman–Crippen LogP) is 3.30. The van der Waals surface area contributed by atoms with Crippen molar-refractivity contribution in [3.8, 4) is 0 Å². The molecule has 2 amide bonds. The number of aryl methyl sites for hydroxylation is 2. The fourth-order valence-electron chi connectivity index (χ4n) is 2.82. The van der Waals surface area contributed by atoms with Crippen LogP contribution in [0.15, 0.2) is 46.2 Å². The second-order valence-corrected chi connectivity index (χ2v) is 9.26. The number of aromatic nitrogens is 2. The molecule has 1 aliphatic rings. The van der Waals surface area contributed by atoms with Crippen molar-refractivity contribution in [3.05, 3.63) is 58.0 Å². The number of nitrogens with one attached hydrogen (secondary N) is 3. The van der Waals surface area contributed by atoms with E-state index in [-0.39, 0.29) is 15.7 Å². The summed E-state index contributed by atoms with van der Waals surface area (Å²) in [5.41, 5.74) is 4.17. The Bertz CT molecular complexity index is 1250. The third kappa shape index (κ3) is 3.89. The maximum Gasteiger partial charge on any atom is 0.290 e. The van der Waals surface area contributed by atoms with Gasteiger partial charge in [0.1, 0.15) is 0 Å². The van der Waals surface area contributed by atoms with Crippen LogP contribution in [0.2, 0.25) is 0 Å². The molecule has 8 nitrogen and oxygen atoms in total. The number of imide groups is 1. The molecule has 1 aromatic heterocycles. The van der Waals surface area contributed by atoms with Crippen molar-refractivity contribution >= 4 is 56.0 Å². The molecule has 0 atom stereocenters. The summed E-state index contributed by atoms with van der Waals surface area (Å²) >= 11 is 0.802. The van der Waals surface area contributed by atoms with E-state index in [1.165, 1.54) is 18.2 Å². The number of thioether (sulfide) groups is 1. The molecule has 10 heteroatoms. The van der Waals surface area contributed by atoms with Gasteiger partial charge < -0.3 is 4.98 Å². The highest BCUT2D eigenvalue weighted by Gasteiger charge is 2.25. The molecule has 1 saturated heterocycles. The van der Waals surface area contributed by atoms with E-state index in [9.17, 15) is 18.0 Å². The van der Waals surface area contributed by atoms with Gasteiger partial charge in [-0.2, -0.15) is 0 Å². The van der Waals surface area contributed by atoms with Gasteiger partial charge in [-0.05, 0) is 72.6 Å². The number of amides is 2. The Kier molecular flexibility index (Phi) is 4.67. The average Bonchev–Trinajstić information content (AvgIpc) is 3.16. The molecule has 1 fully saturated rings. The molecule has 0 saturated carbocycles. The van der Waals surface area contributed by atoms with Crippen LogP contribution >= 0.6 is 11.8 Å². The molecule has 148 valence electrons. The minimum absolute atomic E-state index is 0.0482. The molecule has 2 aromatic carbocycles. The van der Waals surface area contributed by atoms with E-state index >= 15 is 0 Å². The molecule has 0 radical (unpaired) electrons. The molecule has 29 heavy (non-hydrogen) atoms. The van der Waals surface area contributed by atoms with Crippen LogP contribution in [0, 0.1) is 13.8 Å². The molecule has 0 aliphatic carbocycles. The lowest BCUT2D eigenvalue weighted by molar-refractivity contribution is -0.115. The number of nitrogens with zero attached hydrogens (tertiary/aromatic N) is 1. The highest BCUT2D eigenvalue weighted by molar-refractivity contribution is 8.18. The first kappa shape index (κ1) is 19.2. The van der Waals surface area contributed by atoms with Crippen molar-refractivity contribution in [1.82, 2.24) is 15.3 Å². The Balaban J connectivity index is 1.57. The molecule has 0 unspecified atom stereocenters. The van der Waals surface area contributed by atoms with Crippen molar-refractivity contribution in [2.45, 2.75) is 18.7 Å². The number of fused-ring (bicyclic) bond motifs is 1. The van der Waals surface area contributed by atoms with Gasteiger partial charge in [0.2, 0.25) is 5.95 Å². The van der Waals surface area contributed by atoms with Crippen LogP contribution in [0.4, 0.5) is 10.7 Å². The summed E-state index contributed by atoms with van der Waals surface area (Å²) in [4.78, 5) is 30.4. The van der Waals surface area contributed by atoms with Crippen molar-refractivity contribution in [3.63, 3.8) is 0 Å². The molecule has 1 aliphatic heterocycles. The van der Waals surface area contributed by atoms with Crippen molar-refractivity contribution in [2.75, 3.05) is 4.72 Å². The Morgan fingerprint density at radius 2 is 1.76 bits per heavy atom. The summed E-state index contributed by atoms with van der Waals surface area (Å²) in [5, 5.41) is 1.74. The second-order valence-electron chi connectivity index (χ2n) is 6.57. The molecule has 3 aromatic rings. The summed E-state index contributed by atoms with van der Waals surface area (Å²) in [6.45, 7) is 3.94. The van der Waals surface area contributed by atoms with Crippen LogP contribution < -0.4 is 10.0 Å². The molecule has 4 rings (SSSR count). The number of aromatic amines is 1. The number of H-pyrrole nitrogens is 1. The first-order valence-corrected chi connectivity index (χ1v) is 10.9. The predicted molar refractivity (Wildman–Crippen MR) is 112 cm³/mol. The summed E-state index contributed by atoms with van der Waals surface area (Å²) in [7, 11) is -3.85. The van der Waals surface area contributed by atoms with E-state index in [4.69, 9.17) is 0 Å². The zero-order chi connectivity index (χ0) is 20.8. The minimum atomic E-state index is -3.85. The van der Waals surface area contributed by atoms with E-state index in [1.807, 2.05) is 26.0 Å². The van der Waals surface area contributed by atoms with Crippen LogP contribution in [0.1, 0.15) is 16.7 Å². The average molecular weight is 428 g/mol. The topological polar surface area (TPSA) is 121 Å². The third-order valence-electron chi connectivity index (χ3n) is 4.46. The van der Waals surface area contributed by atoms with E-state index in [0.29, 0.717) is 11.1 Å². The SMILES string of the molecule is Cc1cc2nc(NS(=O)(=O)c3ccc(/C=C4\SC(=O)NC4=O)cc3)[nH]c2cc1C. The van der Waals surface area contributed by atoms with Gasteiger partial charge in [0.15, 0.2) is 0 Å². The highest BCUT2D eigenvalue weighted by atomic mass is 32.2. The maximum atomic E-state index is 12.7.